The lowest BCUT2D eigenvalue weighted by Crippen LogP contribution is -2.31. The molecule has 150 valence electrons. The van der Waals surface area contributed by atoms with Gasteiger partial charge in [0, 0.05) is 12.6 Å². The van der Waals surface area contributed by atoms with Gasteiger partial charge in [-0.25, -0.2) is 4.68 Å². The molecule has 0 saturated heterocycles. The Labute approximate surface area is 169 Å². The number of rotatable bonds is 8. The number of nitrogens with zero attached hydrogens (tertiary/aromatic N) is 2. The molecule has 7 nitrogen and oxygen atoms in total. The van der Waals surface area contributed by atoms with Crippen LogP contribution in [0.15, 0.2) is 60.7 Å². The highest BCUT2D eigenvalue weighted by atomic mass is 16.4. The standard InChI is InChI=1S/C22H24N4O3/c1-3-23-20-13-19(25-26(20)16-10-5-4-6-11-16)22(29)24-18(14-21(27)28)17-12-8-7-9-15(17)2/h4-13,18,23H,3,14H2,1-2H3,(H,24,29)(H,27,28)/t18-/m0/s1. The van der Waals surface area contributed by atoms with Crippen LogP contribution in [-0.4, -0.2) is 33.3 Å². The number of amides is 1. The first kappa shape index (κ1) is 20.1. The van der Waals surface area contributed by atoms with Crippen LogP contribution in [0, 0.1) is 6.92 Å². The SMILES string of the molecule is CCNc1cc(C(=O)N[C@@H](CC(=O)O)c2ccccc2C)nn1-c1ccccc1. The molecule has 1 aromatic heterocycles. The lowest BCUT2D eigenvalue weighted by molar-refractivity contribution is -0.137. The zero-order valence-electron chi connectivity index (χ0n) is 16.4. The Kier molecular flexibility index (Phi) is 6.29. The Morgan fingerprint density at radius 2 is 1.79 bits per heavy atom. The monoisotopic (exact) mass is 392 g/mol. The van der Waals surface area contributed by atoms with Crippen molar-refractivity contribution in [3.63, 3.8) is 0 Å². The Morgan fingerprint density at radius 1 is 1.10 bits per heavy atom. The number of carbonyl (C=O) groups excluding carboxylic acids is 1. The van der Waals surface area contributed by atoms with Crippen molar-refractivity contribution in [2.45, 2.75) is 26.3 Å². The molecule has 0 aliphatic heterocycles. The predicted molar refractivity (Wildman–Crippen MR) is 111 cm³/mol. The van der Waals surface area contributed by atoms with Crippen molar-refractivity contribution < 1.29 is 14.7 Å². The van der Waals surface area contributed by atoms with E-state index >= 15 is 0 Å². The number of aliphatic carboxylic acids is 1. The average molecular weight is 392 g/mol. The third-order valence-corrected chi connectivity index (χ3v) is 4.55. The Morgan fingerprint density at radius 3 is 2.45 bits per heavy atom. The quantitative estimate of drug-likeness (QED) is 0.545. The molecule has 29 heavy (non-hydrogen) atoms. The first-order valence-corrected chi connectivity index (χ1v) is 9.47. The molecule has 1 amide bonds. The van der Waals surface area contributed by atoms with Crippen molar-refractivity contribution in [1.82, 2.24) is 15.1 Å². The second kappa shape index (κ2) is 9.05. The van der Waals surface area contributed by atoms with E-state index in [1.165, 1.54) is 0 Å². The summed E-state index contributed by atoms with van der Waals surface area (Å²) >= 11 is 0. The Bertz CT molecular complexity index is 998. The molecule has 7 heteroatoms. The van der Waals surface area contributed by atoms with Gasteiger partial charge in [-0.05, 0) is 37.1 Å². The summed E-state index contributed by atoms with van der Waals surface area (Å²) in [5.74, 6) is -0.718. The fraction of sp³-hybridized carbons (Fsp3) is 0.227. The summed E-state index contributed by atoms with van der Waals surface area (Å²) in [7, 11) is 0. The number of carboxylic acid groups (broad SMARTS) is 1. The van der Waals surface area contributed by atoms with Crippen molar-refractivity contribution in [3.05, 3.63) is 77.5 Å². The van der Waals surface area contributed by atoms with Crippen LogP contribution in [0.5, 0.6) is 0 Å². The minimum atomic E-state index is -0.985. The van der Waals surface area contributed by atoms with Crippen LogP contribution < -0.4 is 10.6 Å². The number of aryl methyl sites for hydroxylation is 1. The second-order valence-corrected chi connectivity index (χ2v) is 6.67. The van der Waals surface area contributed by atoms with Crippen molar-refractivity contribution in [1.29, 1.82) is 0 Å². The maximum absolute atomic E-state index is 12.9. The fourth-order valence-electron chi connectivity index (χ4n) is 3.19. The molecule has 0 spiro atoms. The second-order valence-electron chi connectivity index (χ2n) is 6.67. The number of anilines is 1. The van der Waals surface area contributed by atoms with Crippen LogP contribution in [0.4, 0.5) is 5.82 Å². The van der Waals surface area contributed by atoms with Gasteiger partial charge >= 0.3 is 5.97 Å². The predicted octanol–water partition coefficient (Wildman–Crippen LogP) is 3.56. The highest BCUT2D eigenvalue weighted by molar-refractivity contribution is 5.93. The van der Waals surface area contributed by atoms with Gasteiger partial charge in [0.2, 0.25) is 0 Å². The van der Waals surface area contributed by atoms with Gasteiger partial charge in [0.25, 0.3) is 5.91 Å². The Hall–Kier alpha value is -3.61. The first-order valence-electron chi connectivity index (χ1n) is 9.47. The zero-order valence-corrected chi connectivity index (χ0v) is 16.4. The molecule has 3 rings (SSSR count). The number of carboxylic acids is 1. The molecular weight excluding hydrogens is 368 g/mol. The van der Waals surface area contributed by atoms with Gasteiger partial charge in [0.1, 0.15) is 5.82 Å². The molecule has 0 aliphatic carbocycles. The van der Waals surface area contributed by atoms with E-state index in [0.717, 1.165) is 16.8 Å². The molecule has 1 atom stereocenters. The third-order valence-electron chi connectivity index (χ3n) is 4.55. The molecule has 2 aromatic carbocycles. The topological polar surface area (TPSA) is 96.2 Å². The molecule has 1 heterocycles. The molecular formula is C22H24N4O3. The molecule has 0 unspecified atom stereocenters. The number of para-hydroxylation sites is 1. The van der Waals surface area contributed by atoms with E-state index in [-0.39, 0.29) is 12.1 Å². The minimum Gasteiger partial charge on any atom is -0.481 e. The van der Waals surface area contributed by atoms with Crippen molar-refractivity contribution >= 4 is 17.7 Å². The van der Waals surface area contributed by atoms with Gasteiger partial charge < -0.3 is 15.7 Å². The zero-order chi connectivity index (χ0) is 20.8. The van der Waals surface area contributed by atoms with E-state index in [1.54, 1.807) is 10.7 Å². The van der Waals surface area contributed by atoms with E-state index in [2.05, 4.69) is 15.7 Å². The van der Waals surface area contributed by atoms with Gasteiger partial charge in [-0.3, -0.25) is 9.59 Å². The molecule has 3 aromatic rings. The Balaban J connectivity index is 1.90. The number of aromatic nitrogens is 2. The highest BCUT2D eigenvalue weighted by Crippen LogP contribution is 2.22. The molecule has 0 radical (unpaired) electrons. The maximum Gasteiger partial charge on any atom is 0.305 e. The van der Waals surface area contributed by atoms with Gasteiger partial charge in [-0.1, -0.05) is 42.5 Å². The van der Waals surface area contributed by atoms with Crippen LogP contribution in [0.1, 0.15) is 41.0 Å². The van der Waals surface area contributed by atoms with Crippen molar-refractivity contribution in [2.24, 2.45) is 0 Å². The average Bonchev–Trinajstić information content (AvgIpc) is 3.13. The number of nitrogens with one attached hydrogen (secondary N) is 2. The summed E-state index contributed by atoms with van der Waals surface area (Å²) in [6, 6.07) is 17.9. The van der Waals surface area contributed by atoms with Crippen molar-refractivity contribution in [2.75, 3.05) is 11.9 Å². The minimum absolute atomic E-state index is 0.212. The third kappa shape index (κ3) is 4.82. The van der Waals surface area contributed by atoms with E-state index < -0.39 is 17.9 Å². The summed E-state index contributed by atoms with van der Waals surface area (Å²) in [4.78, 5) is 24.3. The summed E-state index contributed by atoms with van der Waals surface area (Å²) < 4.78 is 1.67. The summed E-state index contributed by atoms with van der Waals surface area (Å²) in [6.07, 6.45) is -0.212. The molecule has 3 N–H and O–H groups in total. The number of hydrogen-bond donors (Lipinski definition) is 3. The lowest BCUT2D eigenvalue weighted by Gasteiger charge is -2.18. The maximum atomic E-state index is 12.9. The van der Waals surface area contributed by atoms with Crippen LogP contribution in [0.25, 0.3) is 5.69 Å². The van der Waals surface area contributed by atoms with Gasteiger partial charge in [0.15, 0.2) is 5.69 Å². The number of benzene rings is 2. The lowest BCUT2D eigenvalue weighted by atomic mass is 9.98. The smallest absolute Gasteiger partial charge is 0.305 e. The van der Waals surface area contributed by atoms with Crippen LogP contribution in [-0.2, 0) is 4.79 Å². The van der Waals surface area contributed by atoms with Crippen LogP contribution >= 0.6 is 0 Å². The molecule has 0 bridgehead atoms. The van der Waals surface area contributed by atoms with E-state index in [1.807, 2.05) is 68.4 Å². The van der Waals surface area contributed by atoms with E-state index in [9.17, 15) is 14.7 Å². The van der Waals surface area contributed by atoms with Gasteiger partial charge in [-0.15, -0.1) is 0 Å². The summed E-state index contributed by atoms with van der Waals surface area (Å²) in [5.41, 5.74) is 2.73. The van der Waals surface area contributed by atoms with Crippen LogP contribution in [0.2, 0.25) is 0 Å². The van der Waals surface area contributed by atoms with Crippen molar-refractivity contribution in [3.8, 4) is 5.69 Å². The highest BCUT2D eigenvalue weighted by Gasteiger charge is 2.22. The molecule has 0 aliphatic rings. The van der Waals surface area contributed by atoms with Gasteiger partial charge in [-0.2, -0.15) is 5.10 Å². The normalized spacial score (nSPS) is 11.7. The summed E-state index contributed by atoms with van der Waals surface area (Å²) in [6.45, 7) is 4.53. The van der Waals surface area contributed by atoms with Crippen LogP contribution in [0.3, 0.4) is 0 Å². The molecule has 0 saturated carbocycles. The fourth-order valence-corrected chi connectivity index (χ4v) is 3.19. The first-order chi connectivity index (χ1) is 14.0. The van der Waals surface area contributed by atoms with E-state index in [0.29, 0.717) is 12.4 Å². The number of carbonyl (C=O) groups is 2. The number of hydrogen-bond acceptors (Lipinski definition) is 4. The van der Waals surface area contributed by atoms with E-state index in [4.69, 9.17) is 0 Å². The van der Waals surface area contributed by atoms with Gasteiger partial charge in [0.05, 0.1) is 18.2 Å². The summed E-state index contributed by atoms with van der Waals surface area (Å²) in [5, 5.41) is 19.8. The molecule has 0 fully saturated rings. The largest absolute Gasteiger partial charge is 0.481 e.